The minimum atomic E-state index is 0.888. The quantitative estimate of drug-likeness (QED) is 0.565. The maximum Gasteiger partial charge on any atom is 0.128 e. The number of rotatable bonds is 2. The van der Waals surface area contributed by atoms with E-state index in [2.05, 4.69) is 54.1 Å². The van der Waals surface area contributed by atoms with Gasteiger partial charge in [0.1, 0.15) is 5.75 Å². The topological polar surface area (TPSA) is 37.9 Å². The Balaban J connectivity index is 2.15. The highest BCUT2D eigenvalue weighted by Gasteiger charge is 2.17. The first-order chi connectivity index (χ1) is 11.2. The fourth-order valence-electron chi connectivity index (χ4n) is 3.39. The SMILES string of the molecule is COc1cccc2[nH]c(C)c(-c3ccnc4c(C)cccc34)c12. The highest BCUT2D eigenvalue weighted by atomic mass is 16.5. The van der Waals surface area contributed by atoms with Gasteiger partial charge < -0.3 is 9.72 Å². The highest BCUT2D eigenvalue weighted by Crippen LogP contribution is 2.40. The van der Waals surface area contributed by atoms with Crippen LogP contribution in [0.25, 0.3) is 32.9 Å². The number of ether oxygens (including phenoxy) is 1. The van der Waals surface area contributed by atoms with E-state index in [0.717, 1.165) is 27.9 Å². The van der Waals surface area contributed by atoms with Gasteiger partial charge in [-0.1, -0.05) is 24.3 Å². The van der Waals surface area contributed by atoms with Crippen molar-refractivity contribution in [2.75, 3.05) is 7.11 Å². The lowest BCUT2D eigenvalue weighted by molar-refractivity contribution is 0.420. The molecule has 3 nitrogen and oxygen atoms in total. The summed E-state index contributed by atoms with van der Waals surface area (Å²) in [6.07, 6.45) is 1.89. The zero-order chi connectivity index (χ0) is 16.0. The van der Waals surface area contributed by atoms with Crippen LogP contribution < -0.4 is 4.74 Å². The van der Waals surface area contributed by atoms with Gasteiger partial charge in [0.25, 0.3) is 0 Å². The average molecular weight is 302 g/mol. The van der Waals surface area contributed by atoms with Crippen LogP contribution in [-0.2, 0) is 0 Å². The van der Waals surface area contributed by atoms with E-state index in [1.54, 1.807) is 7.11 Å². The predicted octanol–water partition coefficient (Wildman–Crippen LogP) is 5.01. The van der Waals surface area contributed by atoms with Crippen molar-refractivity contribution in [2.45, 2.75) is 13.8 Å². The first-order valence-electron chi connectivity index (χ1n) is 7.70. The van der Waals surface area contributed by atoms with Gasteiger partial charge in [-0.05, 0) is 43.2 Å². The molecule has 2 heterocycles. The van der Waals surface area contributed by atoms with Crippen molar-refractivity contribution < 1.29 is 4.74 Å². The van der Waals surface area contributed by atoms with Crippen molar-refractivity contribution in [3.05, 3.63) is 59.9 Å². The van der Waals surface area contributed by atoms with Gasteiger partial charge in [-0.3, -0.25) is 4.98 Å². The normalized spacial score (nSPS) is 11.3. The van der Waals surface area contributed by atoms with Crippen molar-refractivity contribution in [1.82, 2.24) is 9.97 Å². The molecule has 0 spiro atoms. The summed E-state index contributed by atoms with van der Waals surface area (Å²) in [6.45, 7) is 4.21. The van der Waals surface area contributed by atoms with E-state index in [1.807, 2.05) is 18.3 Å². The summed E-state index contributed by atoms with van der Waals surface area (Å²) in [7, 11) is 1.72. The Kier molecular flexibility index (Phi) is 3.08. The number of hydrogen-bond donors (Lipinski definition) is 1. The number of hydrogen-bond acceptors (Lipinski definition) is 2. The van der Waals surface area contributed by atoms with Crippen LogP contribution in [0.4, 0.5) is 0 Å². The van der Waals surface area contributed by atoms with Crippen LogP contribution in [0, 0.1) is 13.8 Å². The first kappa shape index (κ1) is 13.8. The fraction of sp³-hybridized carbons (Fsp3) is 0.150. The van der Waals surface area contributed by atoms with Crippen molar-refractivity contribution >= 4 is 21.8 Å². The zero-order valence-corrected chi connectivity index (χ0v) is 13.5. The van der Waals surface area contributed by atoms with Crippen LogP contribution in [-0.4, -0.2) is 17.1 Å². The van der Waals surface area contributed by atoms with Gasteiger partial charge in [0.2, 0.25) is 0 Å². The maximum absolute atomic E-state index is 5.60. The van der Waals surface area contributed by atoms with E-state index < -0.39 is 0 Å². The van der Waals surface area contributed by atoms with E-state index in [0.29, 0.717) is 0 Å². The largest absolute Gasteiger partial charge is 0.496 e. The second-order valence-electron chi connectivity index (χ2n) is 5.84. The van der Waals surface area contributed by atoms with E-state index in [9.17, 15) is 0 Å². The Morgan fingerprint density at radius 3 is 2.65 bits per heavy atom. The van der Waals surface area contributed by atoms with Crippen molar-refractivity contribution in [3.8, 4) is 16.9 Å². The molecule has 0 aliphatic carbocycles. The van der Waals surface area contributed by atoms with Gasteiger partial charge in [0.05, 0.1) is 12.6 Å². The molecule has 0 aliphatic rings. The molecule has 114 valence electrons. The summed E-state index contributed by atoms with van der Waals surface area (Å²) in [4.78, 5) is 8.04. The molecule has 0 unspecified atom stereocenters. The van der Waals surface area contributed by atoms with Gasteiger partial charge >= 0.3 is 0 Å². The molecule has 1 N–H and O–H groups in total. The Morgan fingerprint density at radius 1 is 1.00 bits per heavy atom. The molecule has 0 radical (unpaired) electrons. The lowest BCUT2D eigenvalue weighted by Crippen LogP contribution is -1.89. The number of aromatic nitrogens is 2. The van der Waals surface area contributed by atoms with E-state index >= 15 is 0 Å². The third kappa shape index (κ3) is 2.00. The number of H-pyrrole nitrogens is 1. The number of nitrogens with zero attached hydrogens (tertiary/aromatic N) is 1. The Morgan fingerprint density at radius 2 is 1.83 bits per heavy atom. The summed E-state index contributed by atoms with van der Waals surface area (Å²) >= 11 is 0. The van der Waals surface area contributed by atoms with Gasteiger partial charge in [0, 0.05) is 33.7 Å². The van der Waals surface area contributed by atoms with Gasteiger partial charge in [-0.25, -0.2) is 0 Å². The van der Waals surface area contributed by atoms with Crippen LogP contribution in [0.1, 0.15) is 11.3 Å². The van der Waals surface area contributed by atoms with Crippen LogP contribution >= 0.6 is 0 Å². The summed E-state index contributed by atoms with van der Waals surface area (Å²) in [6, 6.07) is 14.5. The van der Waals surface area contributed by atoms with E-state index in [-0.39, 0.29) is 0 Å². The number of aromatic amines is 1. The molecule has 2 aromatic heterocycles. The van der Waals surface area contributed by atoms with Crippen LogP contribution in [0.5, 0.6) is 5.75 Å². The van der Waals surface area contributed by atoms with Crippen LogP contribution in [0.15, 0.2) is 48.7 Å². The second kappa shape index (κ2) is 5.13. The van der Waals surface area contributed by atoms with E-state index in [1.165, 1.54) is 22.1 Å². The lowest BCUT2D eigenvalue weighted by Gasteiger charge is -2.10. The number of fused-ring (bicyclic) bond motifs is 2. The number of aryl methyl sites for hydroxylation is 2. The molecule has 0 atom stereocenters. The standard InChI is InChI=1S/C20H18N2O/c1-12-6-4-7-15-14(10-11-21-20(12)15)18-13(2)22-16-8-5-9-17(23-3)19(16)18/h4-11,22H,1-3H3. The molecule has 0 fully saturated rings. The summed E-state index contributed by atoms with van der Waals surface area (Å²) < 4.78 is 5.60. The third-order valence-corrected chi connectivity index (χ3v) is 4.44. The molecule has 4 rings (SSSR count). The number of para-hydroxylation sites is 1. The van der Waals surface area contributed by atoms with Crippen LogP contribution in [0.3, 0.4) is 0 Å². The molecule has 4 aromatic rings. The molecule has 2 aromatic carbocycles. The van der Waals surface area contributed by atoms with Gasteiger partial charge in [-0.15, -0.1) is 0 Å². The van der Waals surface area contributed by atoms with Crippen molar-refractivity contribution in [2.24, 2.45) is 0 Å². The monoisotopic (exact) mass is 302 g/mol. The lowest BCUT2D eigenvalue weighted by atomic mass is 9.97. The molecular formula is C20H18N2O. The molecule has 23 heavy (non-hydrogen) atoms. The number of benzene rings is 2. The number of methoxy groups -OCH3 is 1. The predicted molar refractivity (Wildman–Crippen MR) is 95.1 cm³/mol. The zero-order valence-electron chi connectivity index (χ0n) is 13.5. The highest BCUT2D eigenvalue weighted by molar-refractivity contribution is 6.08. The molecule has 0 amide bonds. The average Bonchev–Trinajstić information content (AvgIpc) is 2.90. The number of pyridine rings is 1. The minimum Gasteiger partial charge on any atom is -0.496 e. The summed E-state index contributed by atoms with van der Waals surface area (Å²) in [5.74, 6) is 0.888. The number of nitrogens with one attached hydrogen (secondary N) is 1. The molecular weight excluding hydrogens is 284 g/mol. The molecule has 0 aliphatic heterocycles. The summed E-state index contributed by atoms with van der Waals surface area (Å²) in [5, 5.41) is 2.30. The Bertz CT molecular complexity index is 1030. The van der Waals surface area contributed by atoms with Crippen molar-refractivity contribution in [3.63, 3.8) is 0 Å². The first-order valence-corrected chi connectivity index (χ1v) is 7.70. The minimum absolute atomic E-state index is 0.888. The third-order valence-electron chi connectivity index (χ3n) is 4.44. The molecule has 3 heteroatoms. The van der Waals surface area contributed by atoms with Crippen molar-refractivity contribution in [1.29, 1.82) is 0 Å². The maximum atomic E-state index is 5.60. The molecule has 0 saturated carbocycles. The van der Waals surface area contributed by atoms with Crippen LogP contribution in [0.2, 0.25) is 0 Å². The van der Waals surface area contributed by atoms with E-state index in [4.69, 9.17) is 4.74 Å². The van der Waals surface area contributed by atoms with Gasteiger partial charge in [0.15, 0.2) is 0 Å². The Labute approximate surface area is 134 Å². The Hall–Kier alpha value is -2.81. The molecule has 0 bridgehead atoms. The second-order valence-corrected chi connectivity index (χ2v) is 5.84. The smallest absolute Gasteiger partial charge is 0.128 e. The summed E-state index contributed by atoms with van der Waals surface area (Å²) in [5.41, 5.74) is 6.85. The van der Waals surface area contributed by atoms with Gasteiger partial charge in [-0.2, -0.15) is 0 Å². The fourth-order valence-corrected chi connectivity index (χ4v) is 3.39. The molecule has 0 saturated heterocycles.